The van der Waals surface area contributed by atoms with Gasteiger partial charge in [0.2, 0.25) is 0 Å². The van der Waals surface area contributed by atoms with Crippen LogP contribution in [0.1, 0.15) is 12.8 Å². The van der Waals surface area contributed by atoms with Crippen LogP contribution in [0, 0.1) is 0 Å². The van der Waals surface area contributed by atoms with Gasteiger partial charge in [0.15, 0.2) is 0 Å². The molecule has 0 unspecified atom stereocenters. The van der Waals surface area contributed by atoms with Crippen LogP contribution in [-0.2, 0) is 0 Å². The number of benzene rings is 2. The van der Waals surface area contributed by atoms with Gasteiger partial charge in [-0.25, -0.2) is 0 Å². The van der Waals surface area contributed by atoms with Gasteiger partial charge in [-0.15, -0.1) is 0 Å². The number of aromatic amines is 2. The quantitative estimate of drug-likeness (QED) is 0.576. The maximum atomic E-state index is 12.5. The average molecular weight is 359 g/mol. The van der Waals surface area contributed by atoms with Gasteiger partial charge < -0.3 is 14.7 Å². The van der Waals surface area contributed by atoms with E-state index >= 15 is 0 Å². The first-order valence-electron chi connectivity index (χ1n) is 9.37. The van der Waals surface area contributed by atoms with Crippen LogP contribution in [0.25, 0.3) is 33.1 Å². The average Bonchev–Trinajstić information content (AvgIpc) is 3.35. The largest absolute Gasteiger partial charge is 0.478 e. The van der Waals surface area contributed by atoms with E-state index in [1.54, 1.807) is 0 Å². The van der Waals surface area contributed by atoms with Gasteiger partial charge in [-0.3, -0.25) is 9.69 Å². The summed E-state index contributed by atoms with van der Waals surface area (Å²) in [5, 5.41) is 2.05. The zero-order valence-corrected chi connectivity index (χ0v) is 15.0. The Bertz CT molecular complexity index is 1170. The van der Waals surface area contributed by atoms with Crippen LogP contribution in [0.4, 0.5) is 0 Å². The van der Waals surface area contributed by atoms with Crippen LogP contribution in [0.5, 0.6) is 5.75 Å². The number of likely N-dealkylation sites (tertiary alicyclic amines) is 1. The van der Waals surface area contributed by atoms with E-state index in [0.717, 1.165) is 46.3 Å². The third-order valence-electron chi connectivity index (χ3n) is 5.25. The Labute approximate surface area is 156 Å². The lowest BCUT2D eigenvalue weighted by Crippen LogP contribution is -2.24. The molecule has 5 rings (SSSR count). The summed E-state index contributed by atoms with van der Waals surface area (Å²) in [4.78, 5) is 21.2. The highest BCUT2D eigenvalue weighted by molar-refractivity contribution is 5.89. The normalized spacial score (nSPS) is 15.0. The number of ether oxygens (including phenoxy) is 1. The van der Waals surface area contributed by atoms with Gasteiger partial charge in [-0.1, -0.05) is 18.2 Å². The first-order valence-corrected chi connectivity index (χ1v) is 9.37. The predicted molar refractivity (Wildman–Crippen MR) is 108 cm³/mol. The van der Waals surface area contributed by atoms with Gasteiger partial charge in [0.1, 0.15) is 12.5 Å². The number of pyridine rings is 1. The molecule has 0 bridgehead atoms. The van der Waals surface area contributed by atoms with Gasteiger partial charge >= 0.3 is 0 Å². The Kier molecular flexibility index (Phi) is 3.94. The monoisotopic (exact) mass is 359 g/mol. The number of aromatic nitrogens is 2. The molecule has 1 saturated heterocycles. The fourth-order valence-electron chi connectivity index (χ4n) is 3.77. The molecule has 3 heterocycles. The van der Waals surface area contributed by atoms with Gasteiger partial charge in [0.25, 0.3) is 5.56 Å². The van der Waals surface area contributed by atoms with Crippen molar-refractivity contribution in [2.24, 2.45) is 0 Å². The Balaban J connectivity index is 1.47. The zero-order valence-electron chi connectivity index (χ0n) is 15.0. The number of nitrogens with one attached hydrogen (secondary N) is 2. The van der Waals surface area contributed by atoms with Gasteiger partial charge in [0, 0.05) is 29.5 Å². The number of nitrogens with zero attached hydrogens (tertiary/aromatic N) is 1. The van der Waals surface area contributed by atoms with Crippen molar-refractivity contribution in [3.8, 4) is 17.0 Å². The third kappa shape index (κ3) is 3.11. The molecule has 5 heteroatoms. The number of rotatable bonds is 4. The molecule has 0 saturated carbocycles. The number of H-pyrrole nitrogens is 2. The minimum Gasteiger partial charge on any atom is -0.478 e. The molecule has 1 aliphatic rings. The Morgan fingerprint density at radius 1 is 0.889 bits per heavy atom. The predicted octanol–water partition coefficient (Wildman–Crippen LogP) is 4.11. The molecule has 1 fully saturated rings. The van der Waals surface area contributed by atoms with E-state index < -0.39 is 0 Å². The number of para-hydroxylation sites is 1. The van der Waals surface area contributed by atoms with Crippen molar-refractivity contribution in [3.05, 3.63) is 65.0 Å². The Morgan fingerprint density at radius 3 is 2.59 bits per heavy atom. The summed E-state index contributed by atoms with van der Waals surface area (Å²) in [6, 6.07) is 17.8. The molecule has 0 amide bonds. The first-order chi connectivity index (χ1) is 13.3. The number of hydrogen-bond donors (Lipinski definition) is 2. The minimum atomic E-state index is -0.0919. The van der Waals surface area contributed by atoms with Crippen LogP contribution in [-0.4, -0.2) is 34.7 Å². The van der Waals surface area contributed by atoms with E-state index in [0.29, 0.717) is 12.3 Å². The second kappa shape index (κ2) is 6.59. The summed E-state index contributed by atoms with van der Waals surface area (Å²) in [6.45, 7) is 2.86. The lowest BCUT2D eigenvalue weighted by molar-refractivity contribution is 0.152. The van der Waals surface area contributed by atoms with Crippen LogP contribution in [0.2, 0.25) is 0 Å². The van der Waals surface area contributed by atoms with Crippen molar-refractivity contribution in [1.29, 1.82) is 0 Å². The van der Waals surface area contributed by atoms with Crippen molar-refractivity contribution in [2.45, 2.75) is 12.8 Å². The highest BCUT2D eigenvalue weighted by atomic mass is 16.5. The summed E-state index contributed by atoms with van der Waals surface area (Å²) in [7, 11) is 0. The van der Waals surface area contributed by atoms with Crippen LogP contribution >= 0.6 is 0 Å². The lowest BCUT2D eigenvalue weighted by Gasteiger charge is -2.15. The smallest absolute Gasteiger partial charge is 0.257 e. The Hall–Kier alpha value is -3.05. The third-order valence-corrected chi connectivity index (χ3v) is 5.25. The summed E-state index contributed by atoms with van der Waals surface area (Å²) in [5.41, 5.74) is 3.20. The summed E-state index contributed by atoms with van der Waals surface area (Å²) >= 11 is 0. The molecule has 1 aliphatic heterocycles. The maximum absolute atomic E-state index is 12.5. The van der Waals surface area contributed by atoms with E-state index in [1.807, 2.05) is 54.6 Å². The molecule has 2 aromatic carbocycles. The minimum absolute atomic E-state index is 0.0919. The number of fused-ring (bicyclic) bond motifs is 2. The molecule has 27 heavy (non-hydrogen) atoms. The van der Waals surface area contributed by atoms with Crippen LogP contribution in [0.15, 0.2) is 59.4 Å². The standard InChI is InChI=1S/C22H21N3O2/c26-22-18(12-15-5-1-2-6-19(15)24-22)21-13-16-11-17(7-8-20(16)23-21)27-14-25-9-3-4-10-25/h1-2,5-8,11-13,23H,3-4,9-10,14H2,(H,24,26). The molecular formula is C22H21N3O2. The molecule has 0 aliphatic carbocycles. The lowest BCUT2D eigenvalue weighted by atomic mass is 10.1. The first kappa shape index (κ1) is 16.1. The zero-order chi connectivity index (χ0) is 18.2. The van der Waals surface area contributed by atoms with Crippen molar-refractivity contribution >= 4 is 21.8 Å². The molecule has 2 N–H and O–H groups in total. The molecule has 0 radical (unpaired) electrons. The van der Waals surface area contributed by atoms with Crippen LogP contribution in [0.3, 0.4) is 0 Å². The van der Waals surface area contributed by atoms with E-state index in [1.165, 1.54) is 12.8 Å². The second-order valence-electron chi connectivity index (χ2n) is 7.13. The molecule has 4 aromatic rings. The molecule has 0 spiro atoms. The van der Waals surface area contributed by atoms with E-state index in [9.17, 15) is 4.79 Å². The van der Waals surface area contributed by atoms with Gasteiger partial charge in [-0.2, -0.15) is 0 Å². The highest BCUT2D eigenvalue weighted by Gasteiger charge is 2.12. The van der Waals surface area contributed by atoms with Gasteiger partial charge in [0.05, 0.1) is 11.3 Å². The molecule has 0 atom stereocenters. The fraction of sp³-hybridized carbons (Fsp3) is 0.227. The van der Waals surface area contributed by atoms with Crippen molar-refractivity contribution < 1.29 is 4.74 Å². The maximum Gasteiger partial charge on any atom is 0.257 e. The molecular weight excluding hydrogens is 338 g/mol. The topological polar surface area (TPSA) is 61.1 Å². The fourth-order valence-corrected chi connectivity index (χ4v) is 3.77. The summed E-state index contributed by atoms with van der Waals surface area (Å²) in [5.74, 6) is 0.854. The van der Waals surface area contributed by atoms with Crippen LogP contribution < -0.4 is 10.3 Å². The second-order valence-corrected chi connectivity index (χ2v) is 7.13. The van der Waals surface area contributed by atoms with E-state index in [2.05, 4.69) is 14.9 Å². The Morgan fingerprint density at radius 2 is 1.70 bits per heavy atom. The van der Waals surface area contributed by atoms with E-state index in [-0.39, 0.29) is 5.56 Å². The molecule has 136 valence electrons. The van der Waals surface area contributed by atoms with Gasteiger partial charge in [-0.05, 0) is 54.6 Å². The number of hydrogen-bond acceptors (Lipinski definition) is 3. The summed E-state index contributed by atoms with van der Waals surface area (Å²) < 4.78 is 5.94. The van der Waals surface area contributed by atoms with Crippen molar-refractivity contribution in [1.82, 2.24) is 14.9 Å². The molecule has 5 nitrogen and oxygen atoms in total. The highest BCUT2D eigenvalue weighted by Crippen LogP contribution is 2.27. The summed E-state index contributed by atoms with van der Waals surface area (Å²) in [6.07, 6.45) is 2.51. The van der Waals surface area contributed by atoms with Crippen molar-refractivity contribution in [3.63, 3.8) is 0 Å². The molecule has 2 aromatic heterocycles. The van der Waals surface area contributed by atoms with E-state index in [4.69, 9.17) is 4.74 Å². The van der Waals surface area contributed by atoms with Crippen molar-refractivity contribution in [2.75, 3.05) is 19.8 Å². The SMILES string of the molecule is O=c1[nH]c2ccccc2cc1-c1cc2cc(OCN3CCCC3)ccc2[nH]1.